The zero-order chi connectivity index (χ0) is 4.28. The van der Waals surface area contributed by atoms with E-state index in [9.17, 15) is 0 Å². The fraction of sp³-hybridized carbons (Fsp3) is 0.800. The molecule has 2 heteroatoms. The second-order valence-corrected chi connectivity index (χ2v) is 1.51. The molecule has 0 aliphatic rings. The Morgan fingerprint density at radius 1 is 1.57 bits per heavy atom. The van der Waals surface area contributed by atoms with Crippen LogP contribution in [0.25, 0.3) is 0 Å². The summed E-state index contributed by atoms with van der Waals surface area (Å²) in [5.74, 6) is 0.634. The molecule has 0 bridgehead atoms. The van der Waals surface area contributed by atoms with Gasteiger partial charge in [-0.05, 0) is 0 Å². The molecule has 40 valence electrons. The van der Waals surface area contributed by atoms with Gasteiger partial charge in [-0.1, -0.05) is 20.3 Å². The fourth-order valence-electron chi connectivity index (χ4n) is 0. The molecule has 0 heterocycles. The van der Waals surface area contributed by atoms with Gasteiger partial charge in [0.25, 0.3) is 0 Å². The SMILES string of the molecule is [CH2-]C(C)CC.[Cl-].[Mg+2]. The van der Waals surface area contributed by atoms with E-state index >= 15 is 0 Å². The van der Waals surface area contributed by atoms with Crippen LogP contribution < -0.4 is 12.4 Å². The Hall–Kier alpha value is 1.06. The predicted octanol–water partition coefficient (Wildman–Crippen LogP) is -1.51. The van der Waals surface area contributed by atoms with Gasteiger partial charge in [-0.15, -0.1) is 0 Å². The van der Waals surface area contributed by atoms with Gasteiger partial charge < -0.3 is 19.3 Å². The number of hydrogen-bond donors (Lipinski definition) is 0. The average molecular weight is 131 g/mol. The maximum Gasteiger partial charge on any atom is 2.00 e. The van der Waals surface area contributed by atoms with Crippen molar-refractivity contribution in [2.75, 3.05) is 0 Å². The Morgan fingerprint density at radius 2 is 1.71 bits per heavy atom. The van der Waals surface area contributed by atoms with Gasteiger partial charge in [0.05, 0.1) is 0 Å². The third-order valence-corrected chi connectivity index (χ3v) is 0.697. The summed E-state index contributed by atoms with van der Waals surface area (Å²) >= 11 is 0. The Bertz CT molecular complexity index is 22.0. The first-order valence-electron chi connectivity index (χ1n) is 2.10. The maximum absolute atomic E-state index is 3.76. The van der Waals surface area contributed by atoms with Gasteiger partial charge in [0.1, 0.15) is 0 Å². The summed E-state index contributed by atoms with van der Waals surface area (Å²) in [4.78, 5) is 0. The van der Waals surface area contributed by atoms with Crippen LogP contribution in [0.2, 0.25) is 0 Å². The van der Waals surface area contributed by atoms with E-state index in [1.165, 1.54) is 6.42 Å². The molecule has 0 aromatic rings. The molecule has 0 nitrogen and oxygen atoms in total. The van der Waals surface area contributed by atoms with Crippen LogP contribution in [0.5, 0.6) is 0 Å². The van der Waals surface area contributed by atoms with E-state index < -0.39 is 0 Å². The van der Waals surface area contributed by atoms with Crippen molar-refractivity contribution in [2.45, 2.75) is 20.3 Å². The predicted molar refractivity (Wildman–Crippen MR) is 30.6 cm³/mol. The monoisotopic (exact) mass is 130 g/mol. The van der Waals surface area contributed by atoms with E-state index in [1.54, 1.807) is 0 Å². The Morgan fingerprint density at radius 3 is 1.71 bits per heavy atom. The Labute approximate surface area is 68.6 Å². The molecule has 0 rings (SSSR count). The minimum atomic E-state index is 0. The minimum absolute atomic E-state index is 0. The van der Waals surface area contributed by atoms with E-state index in [-0.39, 0.29) is 35.5 Å². The van der Waals surface area contributed by atoms with Gasteiger partial charge in [-0.25, -0.2) is 0 Å². The van der Waals surface area contributed by atoms with Gasteiger partial charge in [0.2, 0.25) is 0 Å². The molecule has 0 aromatic heterocycles. The summed E-state index contributed by atoms with van der Waals surface area (Å²) in [6.07, 6.45) is 1.19. The van der Waals surface area contributed by atoms with Crippen LogP contribution in [0.15, 0.2) is 0 Å². The second kappa shape index (κ2) is 10.1. The van der Waals surface area contributed by atoms with Crippen molar-refractivity contribution < 1.29 is 12.4 Å². The zero-order valence-electron chi connectivity index (χ0n) is 5.08. The van der Waals surface area contributed by atoms with Crippen molar-refractivity contribution in [3.63, 3.8) is 0 Å². The first-order valence-corrected chi connectivity index (χ1v) is 2.10. The molecule has 0 N–H and O–H groups in total. The molecule has 0 saturated carbocycles. The Balaban J connectivity index is -0.0000000800. The van der Waals surface area contributed by atoms with Crippen molar-refractivity contribution in [3.8, 4) is 0 Å². The van der Waals surface area contributed by atoms with Gasteiger partial charge >= 0.3 is 23.1 Å². The molecule has 1 atom stereocenters. The van der Waals surface area contributed by atoms with Crippen LogP contribution in [-0.4, -0.2) is 23.1 Å². The molecule has 0 aromatic carbocycles. The van der Waals surface area contributed by atoms with Crippen LogP contribution in [0.1, 0.15) is 20.3 Å². The first-order chi connectivity index (χ1) is 2.27. The third-order valence-electron chi connectivity index (χ3n) is 0.697. The second-order valence-electron chi connectivity index (χ2n) is 1.51. The quantitative estimate of drug-likeness (QED) is 0.299. The maximum atomic E-state index is 3.76. The summed E-state index contributed by atoms with van der Waals surface area (Å²) in [5, 5.41) is 0. The molecule has 7 heavy (non-hydrogen) atoms. The van der Waals surface area contributed by atoms with E-state index in [4.69, 9.17) is 0 Å². The normalized spacial score (nSPS) is 10.7. The molecule has 0 fully saturated rings. The van der Waals surface area contributed by atoms with Crippen LogP contribution in [-0.2, 0) is 0 Å². The van der Waals surface area contributed by atoms with Crippen LogP contribution in [0.4, 0.5) is 0 Å². The third kappa shape index (κ3) is 19.3. The van der Waals surface area contributed by atoms with Crippen molar-refractivity contribution in [1.29, 1.82) is 0 Å². The zero-order valence-corrected chi connectivity index (χ0v) is 7.25. The summed E-state index contributed by atoms with van der Waals surface area (Å²) in [5.41, 5.74) is 0. The van der Waals surface area contributed by atoms with E-state index in [2.05, 4.69) is 20.8 Å². The summed E-state index contributed by atoms with van der Waals surface area (Å²) in [7, 11) is 0. The van der Waals surface area contributed by atoms with E-state index in [0.29, 0.717) is 5.92 Å². The van der Waals surface area contributed by atoms with Crippen molar-refractivity contribution in [3.05, 3.63) is 6.92 Å². The molecule has 0 radical (unpaired) electrons. The molecule has 0 aliphatic carbocycles. The molecule has 1 unspecified atom stereocenters. The van der Waals surface area contributed by atoms with Crippen LogP contribution in [0.3, 0.4) is 0 Å². The number of rotatable bonds is 1. The van der Waals surface area contributed by atoms with Crippen molar-refractivity contribution in [1.82, 2.24) is 0 Å². The summed E-state index contributed by atoms with van der Waals surface area (Å²) in [6.45, 7) is 8.00. The van der Waals surface area contributed by atoms with Gasteiger partial charge in [0, 0.05) is 0 Å². The summed E-state index contributed by atoms with van der Waals surface area (Å²) < 4.78 is 0. The summed E-state index contributed by atoms with van der Waals surface area (Å²) in [6, 6.07) is 0. The van der Waals surface area contributed by atoms with Crippen LogP contribution in [0, 0.1) is 12.8 Å². The smallest absolute Gasteiger partial charge is 1.00 e. The molecular weight excluding hydrogens is 120 g/mol. The van der Waals surface area contributed by atoms with Gasteiger partial charge in [0.15, 0.2) is 0 Å². The molecular formula is C5H11ClMg. The van der Waals surface area contributed by atoms with Crippen molar-refractivity contribution in [2.24, 2.45) is 5.92 Å². The average Bonchev–Trinajstić information content (AvgIpc) is 1.38. The molecule has 0 aliphatic heterocycles. The first kappa shape index (κ1) is 15.7. The minimum Gasteiger partial charge on any atom is -1.00 e. The van der Waals surface area contributed by atoms with Crippen molar-refractivity contribution >= 4 is 23.1 Å². The van der Waals surface area contributed by atoms with E-state index in [0.717, 1.165) is 0 Å². The Kier molecular flexibility index (Phi) is 22.7. The van der Waals surface area contributed by atoms with Crippen LogP contribution >= 0.6 is 0 Å². The van der Waals surface area contributed by atoms with Gasteiger partial charge in [-0.2, -0.15) is 5.92 Å². The molecule has 0 spiro atoms. The topological polar surface area (TPSA) is 0 Å². The van der Waals surface area contributed by atoms with E-state index in [1.807, 2.05) is 0 Å². The molecule has 0 saturated heterocycles. The molecule has 0 amide bonds. The standard InChI is InChI=1S/C5H11.ClH.Mg/c1-4-5(2)3;;/h5H,2,4H2,1,3H3;1H;/q-1;;+2/p-1. The number of halogens is 1. The number of hydrogen-bond acceptors (Lipinski definition) is 0. The fourth-order valence-corrected chi connectivity index (χ4v) is 0. The van der Waals surface area contributed by atoms with Gasteiger partial charge in [-0.3, -0.25) is 0 Å². The largest absolute Gasteiger partial charge is 2.00 e.